The topological polar surface area (TPSA) is 96.0 Å². The predicted molar refractivity (Wildman–Crippen MR) is 167 cm³/mol. The molecule has 8 nitrogen and oxygen atoms in total. The predicted octanol–water partition coefficient (Wildman–Crippen LogP) is 5.48. The van der Waals surface area contributed by atoms with Crippen LogP contribution in [0, 0.1) is 6.92 Å². The van der Waals surface area contributed by atoms with E-state index in [1.165, 1.54) is 9.21 Å². The molecule has 3 rings (SSSR count). The zero-order valence-corrected chi connectivity index (χ0v) is 26.5. The van der Waals surface area contributed by atoms with E-state index < -0.39 is 34.1 Å². The fourth-order valence-corrected chi connectivity index (χ4v) is 6.20. The van der Waals surface area contributed by atoms with Crippen LogP contribution in [0.15, 0.2) is 77.7 Å². The molecule has 2 amide bonds. The van der Waals surface area contributed by atoms with Crippen molar-refractivity contribution >= 4 is 27.5 Å². The Morgan fingerprint density at radius 3 is 2.21 bits per heavy atom. The number of aryl methyl sites for hydroxylation is 2. The van der Waals surface area contributed by atoms with Crippen LogP contribution in [0.5, 0.6) is 5.75 Å². The Kier molecular flexibility index (Phi) is 10.8. The van der Waals surface area contributed by atoms with Gasteiger partial charge in [0.15, 0.2) is 0 Å². The van der Waals surface area contributed by atoms with Crippen molar-refractivity contribution in [2.45, 2.75) is 77.4 Å². The van der Waals surface area contributed by atoms with Crippen molar-refractivity contribution in [3.8, 4) is 5.75 Å². The molecular weight excluding hydrogens is 550 g/mol. The van der Waals surface area contributed by atoms with Crippen LogP contribution in [0.3, 0.4) is 0 Å². The van der Waals surface area contributed by atoms with E-state index in [2.05, 4.69) is 5.32 Å². The number of anilines is 1. The Hall–Kier alpha value is -3.85. The van der Waals surface area contributed by atoms with E-state index in [0.29, 0.717) is 24.3 Å². The van der Waals surface area contributed by atoms with Gasteiger partial charge in [0.2, 0.25) is 11.8 Å². The minimum atomic E-state index is -4.13. The molecular formula is C33H43N3O5S. The van der Waals surface area contributed by atoms with Gasteiger partial charge in [-0.25, -0.2) is 8.42 Å². The molecule has 0 spiro atoms. The number of hydrogen-bond acceptors (Lipinski definition) is 5. The van der Waals surface area contributed by atoms with Crippen molar-refractivity contribution in [1.82, 2.24) is 10.2 Å². The zero-order chi connectivity index (χ0) is 31.1. The molecule has 0 heterocycles. The minimum Gasteiger partial charge on any atom is -0.497 e. The maximum absolute atomic E-state index is 14.3. The Bertz CT molecular complexity index is 1480. The van der Waals surface area contributed by atoms with Gasteiger partial charge in [-0.05, 0) is 82.0 Å². The van der Waals surface area contributed by atoms with Crippen molar-refractivity contribution in [2.75, 3.05) is 18.0 Å². The first-order valence-electron chi connectivity index (χ1n) is 14.2. The molecule has 1 N–H and O–H groups in total. The van der Waals surface area contributed by atoms with Crippen molar-refractivity contribution in [3.05, 3.63) is 89.5 Å². The van der Waals surface area contributed by atoms with E-state index in [1.54, 1.807) is 49.6 Å². The molecule has 3 aromatic rings. The Morgan fingerprint density at radius 1 is 0.952 bits per heavy atom. The second-order valence-corrected chi connectivity index (χ2v) is 13.2. The number of para-hydroxylation sites is 1. The number of carbonyl (C=O) groups excluding carboxylic acids is 2. The first-order valence-corrected chi connectivity index (χ1v) is 15.7. The quantitative estimate of drug-likeness (QED) is 0.300. The molecule has 0 saturated carbocycles. The van der Waals surface area contributed by atoms with Gasteiger partial charge in [-0.15, -0.1) is 0 Å². The maximum Gasteiger partial charge on any atom is 0.264 e. The van der Waals surface area contributed by atoms with Crippen molar-refractivity contribution in [3.63, 3.8) is 0 Å². The van der Waals surface area contributed by atoms with Gasteiger partial charge < -0.3 is 15.0 Å². The molecule has 0 bridgehead atoms. The fraction of sp³-hybridized carbons (Fsp3) is 0.394. The second-order valence-electron chi connectivity index (χ2n) is 11.3. The van der Waals surface area contributed by atoms with Gasteiger partial charge in [0, 0.05) is 12.1 Å². The lowest BCUT2D eigenvalue weighted by molar-refractivity contribution is -0.141. The number of rotatable bonds is 12. The van der Waals surface area contributed by atoms with Crippen LogP contribution >= 0.6 is 0 Å². The number of nitrogens with zero attached hydrogens (tertiary/aromatic N) is 2. The normalized spacial score (nSPS) is 12.4. The van der Waals surface area contributed by atoms with Gasteiger partial charge in [-0.2, -0.15) is 0 Å². The molecule has 1 atom stereocenters. The minimum absolute atomic E-state index is 0.0867. The standard InChI is InChI=1S/C33H43N3O5S/c1-8-26-14-10-11-16-30(26)36(42(39,40)28-19-17-24(3)18-20-28)23-31(37)35(22-25-13-12-15-27(21-25)41-7)29(9-2)32(38)34-33(4,5)6/h10-21,29H,8-9,22-23H2,1-7H3,(H,34,38)/t29-/m1/s1. The van der Waals surface area contributed by atoms with E-state index >= 15 is 0 Å². The summed E-state index contributed by atoms with van der Waals surface area (Å²) >= 11 is 0. The van der Waals surface area contributed by atoms with Crippen LogP contribution in [0.1, 0.15) is 57.7 Å². The third-order valence-corrected chi connectivity index (χ3v) is 8.67. The maximum atomic E-state index is 14.3. The number of carbonyl (C=O) groups is 2. The number of nitrogens with one attached hydrogen (secondary N) is 1. The first kappa shape index (κ1) is 32.7. The highest BCUT2D eigenvalue weighted by Gasteiger charge is 2.35. The molecule has 0 aliphatic heterocycles. The number of methoxy groups -OCH3 is 1. The van der Waals surface area contributed by atoms with E-state index in [9.17, 15) is 18.0 Å². The Morgan fingerprint density at radius 2 is 1.62 bits per heavy atom. The smallest absolute Gasteiger partial charge is 0.264 e. The molecule has 9 heteroatoms. The fourth-order valence-electron chi connectivity index (χ4n) is 4.74. The van der Waals surface area contributed by atoms with Crippen LogP contribution < -0.4 is 14.4 Å². The summed E-state index contributed by atoms with van der Waals surface area (Å²) in [5.74, 6) is -0.175. The van der Waals surface area contributed by atoms with Gasteiger partial charge in [0.25, 0.3) is 10.0 Å². The summed E-state index contributed by atoms with van der Waals surface area (Å²) in [6, 6.07) is 20.2. The summed E-state index contributed by atoms with van der Waals surface area (Å²) in [5, 5.41) is 2.99. The highest BCUT2D eigenvalue weighted by molar-refractivity contribution is 7.92. The van der Waals surface area contributed by atoms with E-state index in [0.717, 1.165) is 16.7 Å². The first-order chi connectivity index (χ1) is 19.8. The SMILES string of the molecule is CCc1ccccc1N(CC(=O)N(Cc1cccc(OC)c1)[C@H](CC)C(=O)NC(C)(C)C)S(=O)(=O)c1ccc(C)cc1. The third-order valence-electron chi connectivity index (χ3n) is 6.90. The monoisotopic (exact) mass is 593 g/mol. The number of benzene rings is 3. The molecule has 42 heavy (non-hydrogen) atoms. The van der Waals surface area contributed by atoms with Gasteiger partial charge in [-0.3, -0.25) is 13.9 Å². The molecule has 0 aromatic heterocycles. The summed E-state index contributed by atoms with van der Waals surface area (Å²) in [6.07, 6.45) is 0.914. The van der Waals surface area contributed by atoms with Gasteiger partial charge in [-0.1, -0.05) is 61.9 Å². The highest BCUT2D eigenvalue weighted by Crippen LogP contribution is 2.29. The number of ether oxygens (including phenoxy) is 1. The summed E-state index contributed by atoms with van der Waals surface area (Å²) in [7, 11) is -2.57. The van der Waals surface area contributed by atoms with Crippen molar-refractivity contribution in [1.29, 1.82) is 0 Å². The molecule has 0 fully saturated rings. The number of sulfonamides is 1. The Labute approximate surface area is 250 Å². The molecule has 0 unspecified atom stereocenters. The highest BCUT2D eigenvalue weighted by atomic mass is 32.2. The zero-order valence-electron chi connectivity index (χ0n) is 25.7. The van der Waals surface area contributed by atoms with Crippen molar-refractivity contribution in [2.24, 2.45) is 0 Å². The van der Waals surface area contributed by atoms with Gasteiger partial charge >= 0.3 is 0 Å². The molecule has 0 radical (unpaired) electrons. The lowest BCUT2D eigenvalue weighted by atomic mass is 10.1. The summed E-state index contributed by atoms with van der Waals surface area (Å²) < 4.78 is 34.8. The lowest BCUT2D eigenvalue weighted by Crippen LogP contribution is -2.55. The molecule has 0 aliphatic rings. The van der Waals surface area contributed by atoms with Crippen LogP contribution in [0.4, 0.5) is 5.69 Å². The van der Waals surface area contributed by atoms with Gasteiger partial charge in [0.05, 0.1) is 17.7 Å². The molecule has 226 valence electrons. The van der Waals surface area contributed by atoms with E-state index in [-0.39, 0.29) is 17.3 Å². The summed E-state index contributed by atoms with van der Waals surface area (Å²) in [6.45, 7) is 10.9. The van der Waals surface area contributed by atoms with Crippen LogP contribution in [-0.2, 0) is 32.6 Å². The number of amides is 2. The lowest BCUT2D eigenvalue weighted by Gasteiger charge is -2.35. The van der Waals surface area contributed by atoms with Crippen LogP contribution in [-0.4, -0.2) is 50.4 Å². The molecule has 3 aromatic carbocycles. The molecule has 0 saturated heterocycles. The van der Waals surface area contributed by atoms with Crippen LogP contribution in [0.2, 0.25) is 0 Å². The van der Waals surface area contributed by atoms with E-state index in [1.807, 2.05) is 71.9 Å². The number of hydrogen-bond donors (Lipinski definition) is 1. The summed E-state index contributed by atoms with van der Waals surface area (Å²) in [4.78, 5) is 29.4. The summed E-state index contributed by atoms with van der Waals surface area (Å²) in [5.41, 5.74) is 2.38. The average molecular weight is 594 g/mol. The van der Waals surface area contributed by atoms with Gasteiger partial charge in [0.1, 0.15) is 18.3 Å². The third kappa shape index (κ3) is 8.12. The van der Waals surface area contributed by atoms with Crippen LogP contribution in [0.25, 0.3) is 0 Å². The average Bonchev–Trinajstić information content (AvgIpc) is 2.95. The second kappa shape index (κ2) is 13.9. The van der Waals surface area contributed by atoms with E-state index in [4.69, 9.17) is 4.74 Å². The largest absolute Gasteiger partial charge is 0.497 e. The molecule has 0 aliphatic carbocycles. The Balaban J connectivity index is 2.12. The van der Waals surface area contributed by atoms with Crippen molar-refractivity contribution < 1.29 is 22.7 Å².